The summed E-state index contributed by atoms with van der Waals surface area (Å²) in [6.45, 7) is 8.87. The molecule has 3 heterocycles. The SMILES string of the molecule is Cc1ccn2c(c1)nc1c(I)c(-c3ccccc3)n(C(C)(C)C)c12. The zero-order chi connectivity index (χ0) is 17.1. The molecule has 122 valence electrons. The van der Waals surface area contributed by atoms with E-state index in [1.54, 1.807) is 0 Å². The summed E-state index contributed by atoms with van der Waals surface area (Å²) < 4.78 is 5.85. The van der Waals surface area contributed by atoms with Crippen molar-refractivity contribution in [3.05, 3.63) is 57.8 Å². The van der Waals surface area contributed by atoms with Crippen molar-refractivity contribution in [3.8, 4) is 11.3 Å². The van der Waals surface area contributed by atoms with E-state index in [0.29, 0.717) is 0 Å². The first-order chi connectivity index (χ1) is 11.4. The van der Waals surface area contributed by atoms with Crippen molar-refractivity contribution in [2.45, 2.75) is 33.2 Å². The minimum Gasteiger partial charge on any atom is -0.319 e. The highest BCUT2D eigenvalue weighted by atomic mass is 127. The fraction of sp³-hybridized carbons (Fsp3) is 0.250. The van der Waals surface area contributed by atoms with Crippen molar-refractivity contribution < 1.29 is 0 Å². The van der Waals surface area contributed by atoms with E-state index in [0.717, 1.165) is 11.2 Å². The zero-order valence-corrected chi connectivity index (χ0v) is 16.5. The second-order valence-electron chi connectivity index (χ2n) is 7.25. The number of fused-ring (bicyclic) bond motifs is 3. The van der Waals surface area contributed by atoms with E-state index in [9.17, 15) is 0 Å². The van der Waals surface area contributed by atoms with Crippen molar-refractivity contribution in [1.82, 2.24) is 14.0 Å². The number of aryl methyl sites for hydroxylation is 1. The summed E-state index contributed by atoms with van der Waals surface area (Å²) in [5, 5.41) is 0. The Morgan fingerprint density at radius 1 is 1.04 bits per heavy atom. The van der Waals surface area contributed by atoms with Crippen LogP contribution in [-0.4, -0.2) is 14.0 Å². The van der Waals surface area contributed by atoms with Crippen molar-refractivity contribution in [2.75, 3.05) is 0 Å². The summed E-state index contributed by atoms with van der Waals surface area (Å²) in [5.41, 5.74) is 6.92. The molecule has 0 N–H and O–H groups in total. The molecule has 0 fully saturated rings. The maximum absolute atomic E-state index is 4.93. The van der Waals surface area contributed by atoms with E-state index < -0.39 is 0 Å². The molecule has 4 heteroatoms. The van der Waals surface area contributed by atoms with Gasteiger partial charge in [0.2, 0.25) is 0 Å². The first-order valence-corrected chi connectivity index (χ1v) is 9.20. The normalized spacial score (nSPS) is 12.4. The van der Waals surface area contributed by atoms with Crippen LogP contribution in [0.2, 0.25) is 0 Å². The monoisotopic (exact) mass is 429 g/mol. The third-order valence-corrected chi connectivity index (χ3v) is 5.35. The first-order valence-electron chi connectivity index (χ1n) is 8.12. The van der Waals surface area contributed by atoms with E-state index in [1.165, 1.54) is 26.0 Å². The van der Waals surface area contributed by atoms with Crippen LogP contribution < -0.4 is 0 Å². The fourth-order valence-electron chi connectivity index (χ4n) is 3.32. The minimum absolute atomic E-state index is 0.0479. The summed E-state index contributed by atoms with van der Waals surface area (Å²) in [7, 11) is 0. The summed E-state index contributed by atoms with van der Waals surface area (Å²) in [5.74, 6) is 0. The lowest BCUT2D eigenvalue weighted by Crippen LogP contribution is -2.23. The lowest BCUT2D eigenvalue weighted by molar-refractivity contribution is 0.412. The number of halogens is 1. The Hall–Kier alpha value is -1.82. The second-order valence-corrected chi connectivity index (χ2v) is 8.33. The van der Waals surface area contributed by atoms with Crippen LogP contribution in [0.5, 0.6) is 0 Å². The lowest BCUT2D eigenvalue weighted by Gasteiger charge is -2.26. The van der Waals surface area contributed by atoms with Crippen LogP contribution in [0.3, 0.4) is 0 Å². The van der Waals surface area contributed by atoms with Crippen LogP contribution in [0, 0.1) is 10.5 Å². The number of hydrogen-bond donors (Lipinski definition) is 0. The first kappa shape index (κ1) is 15.7. The number of hydrogen-bond acceptors (Lipinski definition) is 1. The van der Waals surface area contributed by atoms with Gasteiger partial charge in [0.25, 0.3) is 0 Å². The van der Waals surface area contributed by atoms with E-state index >= 15 is 0 Å². The molecular formula is C20H20IN3. The molecule has 4 rings (SSSR count). The number of imidazole rings is 1. The Morgan fingerprint density at radius 2 is 1.75 bits per heavy atom. The van der Waals surface area contributed by atoms with Crippen molar-refractivity contribution >= 4 is 39.4 Å². The quantitative estimate of drug-likeness (QED) is 0.360. The van der Waals surface area contributed by atoms with Gasteiger partial charge in [-0.3, -0.25) is 4.40 Å². The molecule has 0 unspecified atom stereocenters. The molecule has 24 heavy (non-hydrogen) atoms. The highest BCUT2D eigenvalue weighted by Crippen LogP contribution is 2.39. The standard InChI is InChI=1S/C20H20IN3/c1-13-10-11-23-15(12-13)22-17-16(21)18(14-8-6-5-7-9-14)24(19(17)23)20(2,3)4/h5-12H,1-4H3. The Morgan fingerprint density at radius 3 is 2.42 bits per heavy atom. The van der Waals surface area contributed by atoms with Crippen LogP contribution in [0.1, 0.15) is 26.3 Å². The predicted octanol–water partition coefficient (Wildman–Crippen LogP) is 5.62. The molecule has 3 nitrogen and oxygen atoms in total. The van der Waals surface area contributed by atoms with Crippen molar-refractivity contribution in [3.63, 3.8) is 0 Å². The summed E-state index contributed by atoms with van der Waals surface area (Å²) >= 11 is 2.45. The minimum atomic E-state index is -0.0479. The highest BCUT2D eigenvalue weighted by molar-refractivity contribution is 14.1. The summed E-state index contributed by atoms with van der Waals surface area (Å²) in [6.07, 6.45) is 2.13. The van der Waals surface area contributed by atoms with Crippen molar-refractivity contribution in [2.24, 2.45) is 0 Å². The Labute approximate surface area is 155 Å². The third kappa shape index (κ3) is 2.27. The number of pyridine rings is 1. The molecule has 0 saturated heterocycles. The summed E-state index contributed by atoms with van der Waals surface area (Å²) in [4.78, 5) is 4.93. The number of rotatable bonds is 1. The molecule has 0 aliphatic rings. The maximum atomic E-state index is 4.93. The van der Waals surface area contributed by atoms with Gasteiger partial charge in [-0.2, -0.15) is 0 Å². The molecule has 0 bridgehead atoms. The molecule has 0 radical (unpaired) electrons. The zero-order valence-electron chi connectivity index (χ0n) is 14.3. The Bertz CT molecular complexity index is 1050. The molecule has 0 amide bonds. The largest absolute Gasteiger partial charge is 0.319 e. The van der Waals surface area contributed by atoms with Crippen LogP contribution >= 0.6 is 22.6 Å². The second kappa shape index (κ2) is 5.34. The Kier molecular flexibility index (Phi) is 3.49. The smallest absolute Gasteiger partial charge is 0.147 e. The average molecular weight is 429 g/mol. The molecular weight excluding hydrogens is 409 g/mol. The molecule has 0 saturated carbocycles. The predicted molar refractivity (Wildman–Crippen MR) is 109 cm³/mol. The van der Waals surface area contributed by atoms with Gasteiger partial charge in [0.05, 0.1) is 9.26 Å². The number of aromatic nitrogens is 3. The average Bonchev–Trinajstić information content (AvgIpc) is 3.02. The van der Waals surface area contributed by atoms with E-state index in [4.69, 9.17) is 4.98 Å². The van der Waals surface area contributed by atoms with Crippen LogP contribution in [0.15, 0.2) is 48.7 Å². The van der Waals surface area contributed by atoms with Gasteiger partial charge in [-0.05, 0) is 73.5 Å². The fourth-order valence-corrected chi connectivity index (χ4v) is 4.23. The van der Waals surface area contributed by atoms with Gasteiger partial charge in [-0.1, -0.05) is 30.3 Å². The maximum Gasteiger partial charge on any atom is 0.147 e. The van der Waals surface area contributed by atoms with Crippen LogP contribution in [-0.2, 0) is 5.54 Å². The van der Waals surface area contributed by atoms with Gasteiger partial charge in [-0.25, -0.2) is 4.98 Å². The number of benzene rings is 1. The van der Waals surface area contributed by atoms with Gasteiger partial charge in [0.15, 0.2) is 0 Å². The third-order valence-electron chi connectivity index (χ3n) is 4.33. The van der Waals surface area contributed by atoms with Gasteiger partial charge in [-0.15, -0.1) is 0 Å². The Balaban J connectivity index is 2.20. The number of nitrogens with zero attached hydrogens (tertiary/aromatic N) is 3. The van der Waals surface area contributed by atoms with Crippen LogP contribution in [0.4, 0.5) is 0 Å². The van der Waals surface area contributed by atoms with E-state index in [2.05, 4.69) is 108 Å². The molecule has 0 spiro atoms. The van der Waals surface area contributed by atoms with E-state index in [1.807, 2.05) is 0 Å². The van der Waals surface area contributed by atoms with Crippen LogP contribution in [0.25, 0.3) is 28.1 Å². The van der Waals surface area contributed by atoms with Crippen molar-refractivity contribution in [1.29, 1.82) is 0 Å². The molecule has 0 aliphatic carbocycles. The molecule has 0 aliphatic heterocycles. The molecule has 3 aromatic heterocycles. The lowest BCUT2D eigenvalue weighted by atomic mass is 10.1. The highest BCUT2D eigenvalue weighted by Gasteiger charge is 2.27. The molecule has 0 atom stereocenters. The van der Waals surface area contributed by atoms with Gasteiger partial charge in [0.1, 0.15) is 16.8 Å². The molecule has 4 aromatic rings. The van der Waals surface area contributed by atoms with E-state index in [-0.39, 0.29) is 5.54 Å². The summed E-state index contributed by atoms with van der Waals surface area (Å²) in [6, 6.07) is 14.9. The molecule has 1 aromatic carbocycles. The van der Waals surface area contributed by atoms with Gasteiger partial charge >= 0.3 is 0 Å². The topological polar surface area (TPSA) is 22.2 Å². The van der Waals surface area contributed by atoms with Gasteiger partial charge < -0.3 is 4.57 Å². The van der Waals surface area contributed by atoms with Gasteiger partial charge in [0, 0.05) is 11.7 Å².